The van der Waals surface area contributed by atoms with Crippen LogP contribution in [0.4, 0.5) is 0 Å². The summed E-state index contributed by atoms with van der Waals surface area (Å²) in [6, 6.07) is 19.0. The highest BCUT2D eigenvalue weighted by atomic mass is 79.9. The Kier molecular flexibility index (Phi) is 5.85. The number of allylic oxidation sites excluding steroid dienone is 4. The summed E-state index contributed by atoms with van der Waals surface area (Å²) in [5.74, 6) is 0. The van der Waals surface area contributed by atoms with Crippen molar-refractivity contribution in [2.24, 2.45) is 0 Å². The summed E-state index contributed by atoms with van der Waals surface area (Å²) < 4.78 is 1.11. The molecule has 0 bridgehead atoms. The van der Waals surface area contributed by atoms with Gasteiger partial charge in [0.05, 0.1) is 5.69 Å². The Morgan fingerprint density at radius 2 is 1.69 bits per heavy atom. The normalized spacial score (nSPS) is 11.9. The molecule has 0 aliphatic rings. The van der Waals surface area contributed by atoms with E-state index in [1.807, 2.05) is 25.3 Å². The maximum absolute atomic E-state index is 4.68. The molecule has 0 N–H and O–H groups in total. The van der Waals surface area contributed by atoms with Gasteiger partial charge >= 0.3 is 0 Å². The van der Waals surface area contributed by atoms with Gasteiger partial charge in [0, 0.05) is 16.2 Å². The van der Waals surface area contributed by atoms with E-state index in [-0.39, 0.29) is 0 Å². The van der Waals surface area contributed by atoms with Crippen LogP contribution in [0.3, 0.4) is 0 Å². The smallest absolute Gasteiger partial charge is 0.0705 e. The number of rotatable bonds is 4. The number of aryl methyl sites for hydroxylation is 1. The van der Waals surface area contributed by atoms with Gasteiger partial charge in [0.15, 0.2) is 0 Å². The number of pyridine rings is 1. The van der Waals surface area contributed by atoms with E-state index in [0.717, 1.165) is 15.7 Å². The zero-order valence-corrected chi connectivity index (χ0v) is 16.9. The highest BCUT2D eigenvalue weighted by Crippen LogP contribution is 2.30. The van der Waals surface area contributed by atoms with Crippen LogP contribution in [0, 0.1) is 6.92 Å². The Hall–Kier alpha value is -2.45. The van der Waals surface area contributed by atoms with E-state index in [1.165, 1.54) is 27.8 Å². The molecular formula is C24H22BrN. The molecule has 0 spiro atoms. The molecule has 26 heavy (non-hydrogen) atoms. The molecule has 0 aliphatic heterocycles. The molecule has 2 heteroatoms. The lowest BCUT2D eigenvalue weighted by molar-refractivity contribution is 1.26. The van der Waals surface area contributed by atoms with Gasteiger partial charge in [-0.25, -0.2) is 0 Å². The molecule has 1 nitrogen and oxygen atoms in total. The second-order valence-corrected chi connectivity index (χ2v) is 7.17. The first-order valence-corrected chi connectivity index (χ1v) is 9.51. The SMILES string of the molecule is C/C=C\C=C(/C)c1cnc(-c2ccc(-c3ccccc3Br)cc2)cc1C. The van der Waals surface area contributed by atoms with Crippen LogP contribution in [-0.4, -0.2) is 4.98 Å². The summed E-state index contributed by atoms with van der Waals surface area (Å²) in [5.41, 5.74) is 8.18. The molecule has 0 saturated heterocycles. The lowest BCUT2D eigenvalue weighted by Crippen LogP contribution is -1.91. The molecule has 0 atom stereocenters. The number of aromatic nitrogens is 1. The van der Waals surface area contributed by atoms with E-state index < -0.39 is 0 Å². The van der Waals surface area contributed by atoms with Crippen molar-refractivity contribution in [1.29, 1.82) is 0 Å². The van der Waals surface area contributed by atoms with Gasteiger partial charge in [0.1, 0.15) is 0 Å². The Labute approximate surface area is 164 Å². The first-order valence-electron chi connectivity index (χ1n) is 8.72. The summed E-state index contributed by atoms with van der Waals surface area (Å²) in [5, 5.41) is 0. The van der Waals surface area contributed by atoms with Crippen LogP contribution < -0.4 is 0 Å². The molecule has 1 heterocycles. The van der Waals surface area contributed by atoms with Gasteiger partial charge in [-0.15, -0.1) is 0 Å². The van der Waals surface area contributed by atoms with E-state index in [4.69, 9.17) is 0 Å². The Bertz CT molecular complexity index is 966. The van der Waals surface area contributed by atoms with Gasteiger partial charge in [-0.05, 0) is 60.7 Å². The zero-order valence-electron chi connectivity index (χ0n) is 15.3. The Morgan fingerprint density at radius 3 is 2.35 bits per heavy atom. The van der Waals surface area contributed by atoms with Crippen molar-refractivity contribution in [1.82, 2.24) is 4.98 Å². The predicted molar refractivity (Wildman–Crippen MR) is 116 cm³/mol. The molecule has 3 aromatic rings. The average molecular weight is 404 g/mol. The molecular weight excluding hydrogens is 382 g/mol. The fourth-order valence-electron chi connectivity index (χ4n) is 2.97. The molecule has 130 valence electrons. The Morgan fingerprint density at radius 1 is 1.00 bits per heavy atom. The third-order valence-electron chi connectivity index (χ3n) is 4.44. The maximum Gasteiger partial charge on any atom is 0.0705 e. The van der Waals surface area contributed by atoms with Crippen molar-refractivity contribution in [3.05, 3.63) is 94.6 Å². The molecule has 1 aromatic heterocycles. The molecule has 0 fully saturated rings. The summed E-state index contributed by atoms with van der Waals surface area (Å²) in [4.78, 5) is 4.68. The highest BCUT2D eigenvalue weighted by Gasteiger charge is 2.07. The molecule has 0 unspecified atom stereocenters. The minimum atomic E-state index is 1.00. The fourth-order valence-corrected chi connectivity index (χ4v) is 3.49. The van der Waals surface area contributed by atoms with E-state index in [9.17, 15) is 0 Å². The van der Waals surface area contributed by atoms with Gasteiger partial charge in [0.2, 0.25) is 0 Å². The van der Waals surface area contributed by atoms with Crippen LogP contribution in [0.5, 0.6) is 0 Å². The predicted octanol–water partition coefficient (Wildman–Crippen LogP) is 7.47. The second-order valence-electron chi connectivity index (χ2n) is 6.32. The number of nitrogens with zero attached hydrogens (tertiary/aromatic N) is 1. The second kappa shape index (κ2) is 8.29. The quantitative estimate of drug-likeness (QED) is 0.411. The largest absolute Gasteiger partial charge is 0.256 e. The van der Waals surface area contributed by atoms with Gasteiger partial charge in [-0.2, -0.15) is 0 Å². The number of hydrogen-bond donors (Lipinski definition) is 0. The molecule has 2 aromatic carbocycles. The monoisotopic (exact) mass is 403 g/mol. The van der Waals surface area contributed by atoms with Gasteiger partial charge in [-0.3, -0.25) is 4.98 Å². The van der Waals surface area contributed by atoms with Crippen molar-refractivity contribution >= 4 is 21.5 Å². The van der Waals surface area contributed by atoms with E-state index in [2.05, 4.69) is 95.4 Å². The molecule has 3 rings (SSSR count). The van der Waals surface area contributed by atoms with Gasteiger partial charge in [-0.1, -0.05) is 76.6 Å². The lowest BCUT2D eigenvalue weighted by Gasteiger charge is -2.10. The first kappa shape index (κ1) is 18.3. The van der Waals surface area contributed by atoms with Crippen LogP contribution in [0.1, 0.15) is 25.0 Å². The van der Waals surface area contributed by atoms with Crippen LogP contribution in [0.15, 0.2) is 83.5 Å². The van der Waals surface area contributed by atoms with Crippen molar-refractivity contribution in [2.75, 3.05) is 0 Å². The minimum absolute atomic E-state index is 1.00. The van der Waals surface area contributed by atoms with Crippen LogP contribution >= 0.6 is 15.9 Å². The van der Waals surface area contributed by atoms with E-state index in [1.54, 1.807) is 0 Å². The number of halogens is 1. The summed E-state index contributed by atoms with van der Waals surface area (Å²) in [6.45, 7) is 6.29. The van der Waals surface area contributed by atoms with Crippen LogP contribution in [0.25, 0.3) is 28.0 Å². The van der Waals surface area contributed by atoms with Crippen LogP contribution in [-0.2, 0) is 0 Å². The van der Waals surface area contributed by atoms with E-state index >= 15 is 0 Å². The number of hydrogen-bond acceptors (Lipinski definition) is 1. The summed E-state index contributed by atoms with van der Waals surface area (Å²) >= 11 is 3.62. The highest BCUT2D eigenvalue weighted by molar-refractivity contribution is 9.10. The van der Waals surface area contributed by atoms with E-state index in [0.29, 0.717) is 0 Å². The van der Waals surface area contributed by atoms with Gasteiger partial charge < -0.3 is 0 Å². The minimum Gasteiger partial charge on any atom is -0.256 e. The molecule has 0 amide bonds. The van der Waals surface area contributed by atoms with Crippen molar-refractivity contribution in [3.63, 3.8) is 0 Å². The standard InChI is InChI=1S/C24H22BrN/c1-4-5-8-17(2)22-16-26-24(15-18(22)3)20-13-11-19(12-14-20)21-9-6-7-10-23(21)25/h4-16H,1-3H3/b5-4-,17-8+. The topological polar surface area (TPSA) is 12.9 Å². The van der Waals surface area contributed by atoms with Crippen molar-refractivity contribution in [3.8, 4) is 22.4 Å². The molecule has 0 saturated carbocycles. The fraction of sp³-hybridized carbons (Fsp3) is 0.125. The Balaban J connectivity index is 1.90. The summed E-state index contributed by atoms with van der Waals surface area (Å²) in [6.07, 6.45) is 8.19. The van der Waals surface area contributed by atoms with Crippen molar-refractivity contribution in [2.45, 2.75) is 20.8 Å². The lowest BCUT2D eigenvalue weighted by atomic mass is 9.99. The molecule has 0 aliphatic carbocycles. The zero-order chi connectivity index (χ0) is 18.5. The third kappa shape index (κ3) is 4.03. The van der Waals surface area contributed by atoms with Gasteiger partial charge in [0.25, 0.3) is 0 Å². The van der Waals surface area contributed by atoms with Crippen LogP contribution in [0.2, 0.25) is 0 Å². The van der Waals surface area contributed by atoms with Crippen molar-refractivity contribution < 1.29 is 0 Å². The third-order valence-corrected chi connectivity index (χ3v) is 5.13. The maximum atomic E-state index is 4.68. The summed E-state index contributed by atoms with van der Waals surface area (Å²) in [7, 11) is 0. The average Bonchev–Trinajstić information content (AvgIpc) is 2.66. The number of benzene rings is 2. The first-order chi connectivity index (χ1) is 12.6. The molecule has 0 radical (unpaired) electrons.